The number of oxazole rings is 1. The molecule has 0 spiro atoms. The van der Waals surface area contributed by atoms with Gasteiger partial charge < -0.3 is 24.1 Å². The van der Waals surface area contributed by atoms with E-state index in [4.69, 9.17) is 18.9 Å². The molecule has 2 N–H and O–H groups in total. The molecule has 2 aliphatic rings. The highest BCUT2D eigenvalue weighted by Gasteiger charge is 2.38. The third-order valence-electron chi connectivity index (χ3n) is 6.62. The lowest BCUT2D eigenvalue weighted by molar-refractivity contribution is 0.0249. The van der Waals surface area contributed by atoms with Gasteiger partial charge in [0.1, 0.15) is 11.5 Å². The van der Waals surface area contributed by atoms with Crippen LogP contribution in [0.15, 0.2) is 51.8 Å². The number of anilines is 2. The smallest absolute Gasteiger partial charge is 0.417 e. The molecule has 11 nitrogen and oxygen atoms in total. The highest BCUT2D eigenvalue weighted by molar-refractivity contribution is 5.97. The Balaban J connectivity index is 1.09. The van der Waals surface area contributed by atoms with Crippen molar-refractivity contribution in [1.82, 2.24) is 24.8 Å². The van der Waals surface area contributed by atoms with Crippen molar-refractivity contribution in [2.75, 3.05) is 32.6 Å². The molecule has 0 saturated carbocycles. The lowest BCUT2D eigenvalue weighted by Crippen LogP contribution is -2.59. The SMILES string of the molecule is COc1cc(Nc2ncc3c(n2)CN(C2CN(C(=O)c4ccc5[nH]c(=O)oc5c4)C2)C3)cc(OC)c1. The number of nitrogens with one attached hydrogen (secondary N) is 2. The van der Waals surface area contributed by atoms with Crippen LogP contribution in [0.5, 0.6) is 11.5 Å². The highest BCUT2D eigenvalue weighted by atomic mass is 16.5. The topological polar surface area (TPSA) is 126 Å². The minimum Gasteiger partial charge on any atom is -0.497 e. The molecule has 1 fully saturated rings. The molecule has 1 saturated heterocycles. The molecule has 2 aromatic heterocycles. The van der Waals surface area contributed by atoms with Crippen LogP contribution in [0.1, 0.15) is 21.6 Å². The van der Waals surface area contributed by atoms with Crippen LogP contribution in [0.25, 0.3) is 11.1 Å². The number of ether oxygens (including phenoxy) is 2. The Labute approximate surface area is 205 Å². The summed E-state index contributed by atoms with van der Waals surface area (Å²) >= 11 is 0. The predicted molar refractivity (Wildman–Crippen MR) is 131 cm³/mol. The molecule has 0 unspecified atom stereocenters. The van der Waals surface area contributed by atoms with E-state index in [9.17, 15) is 9.59 Å². The van der Waals surface area contributed by atoms with E-state index in [0.717, 1.165) is 23.5 Å². The van der Waals surface area contributed by atoms with Crippen LogP contribution < -0.4 is 20.5 Å². The molecular weight excluding hydrogens is 464 g/mol. The van der Waals surface area contributed by atoms with E-state index in [1.165, 1.54) is 0 Å². The van der Waals surface area contributed by atoms with E-state index >= 15 is 0 Å². The Bertz CT molecular complexity index is 1500. The maximum absolute atomic E-state index is 12.9. The molecule has 2 aromatic carbocycles. The van der Waals surface area contributed by atoms with Crippen LogP contribution in [0, 0.1) is 0 Å². The van der Waals surface area contributed by atoms with Gasteiger partial charge >= 0.3 is 5.76 Å². The van der Waals surface area contributed by atoms with Gasteiger partial charge in [0.25, 0.3) is 5.91 Å². The first kappa shape index (κ1) is 22.1. The largest absolute Gasteiger partial charge is 0.497 e. The average Bonchev–Trinajstić information content (AvgIpc) is 3.43. The summed E-state index contributed by atoms with van der Waals surface area (Å²) in [5, 5.41) is 3.23. The van der Waals surface area contributed by atoms with Crippen molar-refractivity contribution in [2.45, 2.75) is 19.1 Å². The van der Waals surface area contributed by atoms with Gasteiger partial charge in [-0.15, -0.1) is 0 Å². The summed E-state index contributed by atoms with van der Waals surface area (Å²) in [4.78, 5) is 40.2. The molecule has 36 heavy (non-hydrogen) atoms. The van der Waals surface area contributed by atoms with Crippen molar-refractivity contribution < 1.29 is 18.7 Å². The maximum atomic E-state index is 12.9. The van der Waals surface area contributed by atoms with Gasteiger partial charge in [-0.05, 0) is 18.2 Å². The average molecular weight is 489 g/mol. The summed E-state index contributed by atoms with van der Waals surface area (Å²) in [5.74, 6) is 1.24. The zero-order chi connectivity index (χ0) is 24.8. The molecule has 11 heteroatoms. The predicted octanol–water partition coefficient (Wildman–Crippen LogP) is 2.51. The van der Waals surface area contributed by atoms with Crippen molar-refractivity contribution in [3.63, 3.8) is 0 Å². The summed E-state index contributed by atoms with van der Waals surface area (Å²) in [6.07, 6.45) is 1.85. The number of amides is 1. The van der Waals surface area contributed by atoms with Gasteiger partial charge in [0.2, 0.25) is 5.95 Å². The molecular formula is C25H24N6O5. The summed E-state index contributed by atoms with van der Waals surface area (Å²) in [6.45, 7) is 2.70. The number of H-pyrrole nitrogens is 1. The first-order chi connectivity index (χ1) is 17.5. The monoisotopic (exact) mass is 488 g/mol. The van der Waals surface area contributed by atoms with Gasteiger partial charge in [-0.1, -0.05) is 0 Å². The first-order valence-corrected chi connectivity index (χ1v) is 11.5. The summed E-state index contributed by atoms with van der Waals surface area (Å²) in [7, 11) is 3.21. The Kier molecular flexibility index (Phi) is 5.33. The van der Waals surface area contributed by atoms with Gasteiger partial charge in [-0.2, -0.15) is 0 Å². The number of nitrogens with zero attached hydrogens (tertiary/aromatic N) is 4. The van der Waals surface area contributed by atoms with Crippen LogP contribution >= 0.6 is 0 Å². The van der Waals surface area contributed by atoms with Gasteiger partial charge in [0.05, 0.1) is 25.4 Å². The van der Waals surface area contributed by atoms with E-state index in [-0.39, 0.29) is 11.9 Å². The zero-order valence-electron chi connectivity index (χ0n) is 19.8. The molecule has 4 aromatic rings. The second-order valence-electron chi connectivity index (χ2n) is 8.89. The second-order valence-corrected chi connectivity index (χ2v) is 8.89. The number of aromatic nitrogens is 3. The molecule has 0 bridgehead atoms. The van der Waals surface area contributed by atoms with E-state index in [0.29, 0.717) is 53.7 Å². The number of aromatic amines is 1. The third kappa shape index (κ3) is 4.03. The summed E-state index contributed by atoms with van der Waals surface area (Å²) < 4.78 is 15.7. The van der Waals surface area contributed by atoms with Gasteiger partial charge in [-0.25, -0.2) is 14.8 Å². The lowest BCUT2D eigenvalue weighted by atomic mass is 10.0. The van der Waals surface area contributed by atoms with Crippen LogP contribution in [-0.4, -0.2) is 64.0 Å². The molecule has 1 amide bonds. The molecule has 4 heterocycles. The molecule has 184 valence electrons. The van der Waals surface area contributed by atoms with Gasteiger partial charge in [0.15, 0.2) is 5.58 Å². The number of hydrogen-bond donors (Lipinski definition) is 2. The van der Waals surface area contributed by atoms with Crippen LogP contribution in [0.3, 0.4) is 0 Å². The van der Waals surface area contributed by atoms with Gasteiger partial charge in [0, 0.05) is 73.4 Å². The van der Waals surface area contributed by atoms with E-state index in [2.05, 4.69) is 20.2 Å². The quantitative estimate of drug-likeness (QED) is 0.421. The zero-order valence-corrected chi connectivity index (χ0v) is 19.8. The van der Waals surface area contributed by atoms with Crippen molar-refractivity contribution in [1.29, 1.82) is 0 Å². The standard InChI is InChI=1S/C25H24N6O5/c1-34-18-6-16(7-19(8-18)35-2)27-24-26-9-15-10-30(13-21(15)28-24)17-11-31(12-17)23(32)14-3-4-20-22(5-14)36-25(33)29-20/h3-9,17H,10-13H2,1-2H3,(H,29,33)(H,26,27,28). The maximum Gasteiger partial charge on any atom is 0.417 e. The van der Waals surface area contributed by atoms with Crippen LogP contribution in [0.4, 0.5) is 11.6 Å². The Morgan fingerprint density at radius 2 is 1.89 bits per heavy atom. The van der Waals surface area contributed by atoms with Crippen molar-refractivity contribution in [3.8, 4) is 11.5 Å². The van der Waals surface area contributed by atoms with Crippen molar-refractivity contribution >= 4 is 28.6 Å². The van der Waals surface area contributed by atoms with Crippen LogP contribution in [0.2, 0.25) is 0 Å². The lowest BCUT2D eigenvalue weighted by Gasteiger charge is -2.43. The number of benzene rings is 2. The van der Waals surface area contributed by atoms with E-state index < -0.39 is 5.76 Å². The molecule has 0 atom stereocenters. The minimum absolute atomic E-state index is 0.0753. The number of hydrogen-bond acceptors (Lipinski definition) is 9. The molecule has 2 aliphatic heterocycles. The molecule has 0 aliphatic carbocycles. The first-order valence-electron chi connectivity index (χ1n) is 11.5. The van der Waals surface area contributed by atoms with E-state index in [1.54, 1.807) is 43.4 Å². The minimum atomic E-state index is -0.531. The Hall–Kier alpha value is -4.38. The molecule has 6 rings (SSSR count). The van der Waals surface area contributed by atoms with Crippen molar-refractivity contribution in [3.05, 3.63) is 70.0 Å². The van der Waals surface area contributed by atoms with E-state index in [1.807, 2.05) is 18.3 Å². The third-order valence-corrected chi connectivity index (χ3v) is 6.62. The number of carbonyl (C=O) groups excluding carboxylic acids is 1. The van der Waals surface area contributed by atoms with Crippen LogP contribution in [-0.2, 0) is 13.1 Å². The number of carbonyl (C=O) groups is 1. The summed E-state index contributed by atoms with van der Waals surface area (Å²) in [5.41, 5.74) is 4.29. The number of fused-ring (bicyclic) bond motifs is 2. The fourth-order valence-electron chi connectivity index (χ4n) is 4.62. The number of methoxy groups -OCH3 is 2. The van der Waals surface area contributed by atoms with Gasteiger partial charge in [-0.3, -0.25) is 14.7 Å². The van der Waals surface area contributed by atoms with Crippen molar-refractivity contribution in [2.24, 2.45) is 0 Å². The second kappa shape index (κ2) is 8.68. The summed E-state index contributed by atoms with van der Waals surface area (Å²) in [6, 6.07) is 10.8. The fraction of sp³-hybridized carbons (Fsp3) is 0.280. The Morgan fingerprint density at radius 3 is 2.64 bits per heavy atom. The normalized spacial score (nSPS) is 15.6. The number of rotatable bonds is 6. The highest BCUT2D eigenvalue weighted by Crippen LogP contribution is 2.30. The Morgan fingerprint density at radius 1 is 1.11 bits per heavy atom. The molecule has 0 radical (unpaired) electrons. The fourth-order valence-corrected chi connectivity index (χ4v) is 4.62. The number of likely N-dealkylation sites (tertiary alicyclic amines) is 1.